The quantitative estimate of drug-likeness (QED) is 0.591. The Morgan fingerprint density at radius 2 is 2.05 bits per heavy atom. The average molecular weight is 274 g/mol. The predicted octanol–water partition coefficient (Wildman–Crippen LogP) is 0.861. The second-order valence-corrected chi connectivity index (χ2v) is 6.10. The van der Waals surface area contributed by atoms with Crippen LogP contribution in [-0.2, 0) is 23.8 Å². The van der Waals surface area contributed by atoms with Crippen molar-refractivity contribution in [3.63, 3.8) is 0 Å². The Labute approximate surface area is 113 Å². The lowest BCUT2D eigenvalue weighted by Crippen LogP contribution is -2.55. The standard InChI is InChI=1S/C13H22O6/c1-9-10(16)5-13(18-8-15,19-11(9)6-14)17-7-12(2,3)4/h6,8-11,16H,5,7H2,1-4H3/t9-,10?,11?,13-/m0/s1. The topological polar surface area (TPSA) is 82.1 Å². The van der Waals surface area contributed by atoms with Gasteiger partial charge in [-0.05, 0) is 5.41 Å². The Morgan fingerprint density at radius 1 is 1.42 bits per heavy atom. The van der Waals surface area contributed by atoms with Crippen molar-refractivity contribution in [2.75, 3.05) is 6.61 Å². The van der Waals surface area contributed by atoms with Crippen molar-refractivity contribution in [1.82, 2.24) is 0 Å². The van der Waals surface area contributed by atoms with Gasteiger partial charge >= 0.3 is 5.97 Å². The SMILES string of the molecule is C[C@H]1C(O)C[C@@](OC=O)(OCC(C)(C)C)OC1C=O. The van der Waals surface area contributed by atoms with Crippen molar-refractivity contribution in [3.05, 3.63) is 0 Å². The van der Waals surface area contributed by atoms with E-state index < -0.39 is 18.2 Å². The van der Waals surface area contributed by atoms with E-state index in [1.165, 1.54) is 0 Å². The van der Waals surface area contributed by atoms with Crippen molar-refractivity contribution in [3.8, 4) is 0 Å². The Hall–Kier alpha value is -0.980. The van der Waals surface area contributed by atoms with Crippen LogP contribution in [0, 0.1) is 11.3 Å². The van der Waals surface area contributed by atoms with E-state index in [1.807, 2.05) is 20.8 Å². The molecule has 110 valence electrons. The van der Waals surface area contributed by atoms with Gasteiger partial charge in [0, 0.05) is 5.92 Å². The maximum atomic E-state index is 11.0. The summed E-state index contributed by atoms with van der Waals surface area (Å²) >= 11 is 0. The van der Waals surface area contributed by atoms with Crippen LogP contribution in [0.5, 0.6) is 0 Å². The lowest BCUT2D eigenvalue weighted by Gasteiger charge is -2.43. The van der Waals surface area contributed by atoms with Gasteiger partial charge in [-0.15, -0.1) is 0 Å². The molecule has 1 heterocycles. The molecule has 2 unspecified atom stereocenters. The van der Waals surface area contributed by atoms with E-state index in [0.29, 0.717) is 6.29 Å². The molecule has 0 aromatic carbocycles. The Kier molecular flexibility index (Phi) is 5.06. The van der Waals surface area contributed by atoms with Crippen molar-refractivity contribution in [2.24, 2.45) is 11.3 Å². The van der Waals surface area contributed by atoms with E-state index in [1.54, 1.807) is 6.92 Å². The van der Waals surface area contributed by atoms with Crippen molar-refractivity contribution in [1.29, 1.82) is 0 Å². The Bertz CT molecular complexity index is 324. The number of rotatable bonds is 5. The number of hydrogen-bond donors (Lipinski definition) is 1. The van der Waals surface area contributed by atoms with Gasteiger partial charge in [0.1, 0.15) is 12.4 Å². The van der Waals surface area contributed by atoms with Crippen LogP contribution in [0.2, 0.25) is 0 Å². The van der Waals surface area contributed by atoms with E-state index in [-0.39, 0.29) is 30.8 Å². The van der Waals surface area contributed by atoms with Gasteiger partial charge < -0.3 is 24.1 Å². The first kappa shape index (κ1) is 16.1. The second-order valence-electron chi connectivity index (χ2n) is 6.10. The van der Waals surface area contributed by atoms with Crippen LogP contribution < -0.4 is 0 Å². The first-order valence-corrected chi connectivity index (χ1v) is 6.29. The van der Waals surface area contributed by atoms with Gasteiger partial charge in [0.25, 0.3) is 6.47 Å². The number of carbonyl (C=O) groups is 2. The van der Waals surface area contributed by atoms with Gasteiger partial charge in [-0.1, -0.05) is 27.7 Å². The summed E-state index contributed by atoms with van der Waals surface area (Å²) in [5, 5.41) is 9.96. The number of aldehydes is 1. The zero-order valence-electron chi connectivity index (χ0n) is 11.8. The Balaban J connectivity index is 2.85. The van der Waals surface area contributed by atoms with Gasteiger partial charge in [-0.25, -0.2) is 0 Å². The highest BCUT2D eigenvalue weighted by molar-refractivity contribution is 5.57. The smallest absolute Gasteiger partial charge is 0.332 e. The molecule has 6 heteroatoms. The van der Waals surface area contributed by atoms with E-state index in [4.69, 9.17) is 14.2 Å². The summed E-state index contributed by atoms with van der Waals surface area (Å²) in [6.45, 7) is 7.99. The predicted molar refractivity (Wildman–Crippen MR) is 66.0 cm³/mol. The first-order chi connectivity index (χ1) is 8.73. The van der Waals surface area contributed by atoms with E-state index >= 15 is 0 Å². The number of carbonyl (C=O) groups excluding carboxylic acids is 2. The molecule has 0 aromatic rings. The molecule has 0 aliphatic carbocycles. The van der Waals surface area contributed by atoms with Gasteiger partial charge in [0.15, 0.2) is 0 Å². The molecule has 6 nitrogen and oxygen atoms in total. The molecule has 1 aliphatic heterocycles. The molecule has 19 heavy (non-hydrogen) atoms. The van der Waals surface area contributed by atoms with Gasteiger partial charge in [0.2, 0.25) is 0 Å². The molecule has 1 aliphatic rings. The fraction of sp³-hybridized carbons (Fsp3) is 0.846. The molecule has 0 saturated carbocycles. The summed E-state index contributed by atoms with van der Waals surface area (Å²) in [7, 11) is 0. The van der Waals surface area contributed by atoms with Gasteiger partial charge in [-0.2, -0.15) is 0 Å². The first-order valence-electron chi connectivity index (χ1n) is 6.29. The van der Waals surface area contributed by atoms with Crippen LogP contribution in [0.1, 0.15) is 34.1 Å². The lowest BCUT2D eigenvalue weighted by molar-refractivity contribution is -0.401. The number of ether oxygens (including phenoxy) is 3. The molecule has 1 saturated heterocycles. The lowest BCUT2D eigenvalue weighted by atomic mass is 9.92. The molecular weight excluding hydrogens is 252 g/mol. The number of aliphatic hydroxyl groups excluding tert-OH is 1. The summed E-state index contributed by atoms with van der Waals surface area (Å²) < 4.78 is 15.8. The van der Waals surface area contributed by atoms with Crippen molar-refractivity contribution in [2.45, 2.75) is 52.3 Å². The monoisotopic (exact) mass is 274 g/mol. The third kappa shape index (κ3) is 4.26. The minimum Gasteiger partial charge on any atom is -0.410 e. The average Bonchev–Trinajstić information content (AvgIpc) is 2.31. The van der Waals surface area contributed by atoms with Crippen molar-refractivity contribution < 1.29 is 28.9 Å². The fourth-order valence-corrected chi connectivity index (χ4v) is 1.78. The fourth-order valence-electron chi connectivity index (χ4n) is 1.78. The highest BCUT2D eigenvalue weighted by atomic mass is 16.9. The van der Waals surface area contributed by atoms with Crippen LogP contribution in [0.3, 0.4) is 0 Å². The van der Waals surface area contributed by atoms with E-state index in [2.05, 4.69) is 0 Å². The normalized spacial score (nSPS) is 35.7. The van der Waals surface area contributed by atoms with Crippen LogP contribution in [0.25, 0.3) is 0 Å². The highest BCUT2D eigenvalue weighted by Crippen LogP contribution is 2.35. The molecule has 0 radical (unpaired) electrons. The minimum atomic E-state index is -1.69. The third-order valence-electron chi connectivity index (χ3n) is 2.99. The molecule has 1 rings (SSSR count). The highest BCUT2D eigenvalue weighted by Gasteiger charge is 2.48. The van der Waals surface area contributed by atoms with E-state index in [0.717, 1.165) is 0 Å². The summed E-state index contributed by atoms with van der Waals surface area (Å²) in [4.78, 5) is 21.6. The van der Waals surface area contributed by atoms with Crippen molar-refractivity contribution >= 4 is 12.8 Å². The third-order valence-corrected chi connectivity index (χ3v) is 2.99. The second kappa shape index (κ2) is 5.98. The largest absolute Gasteiger partial charge is 0.410 e. The number of hydrogen-bond acceptors (Lipinski definition) is 6. The number of aliphatic hydroxyl groups is 1. The maximum absolute atomic E-state index is 11.0. The maximum Gasteiger partial charge on any atom is 0.332 e. The zero-order valence-corrected chi connectivity index (χ0v) is 11.8. The van der Waals surface area contributed by atoms with Crippen LogP contribution in [0.4, 0.5) is 0 Å². The molecular formula is C13H22O6. The molecule has 0 spiro atoms. The molecule has 0 aromatic heterocycles. The minimum absolute atomic E-state index is 0.0205. The van der Waals surface area contributed by atoms with Gasteiger partial charge in [0.05, 0.1) is 19.1 Å². The summed E-state index contributed by atoms with van der Waals surface area (Å²) in [5.74, 6) is -2.06. The summed E-state index contributed by atoms with van der Waals surface area (Å²) in [5.41, 5.74) is -0.173. The zero-order chi connectivity index (χ0) is 14.7. The molecule has 0 bridgehead atoms. The Morgan fingerprint density at radius 3 is 2.53 bits per heavy atom. The molecule has 0 amide bonds. The van der Waals surface area contributed by atoms with Gasteiger partial charge in [-0.3, -0.25) is 4.79 Å². The molecule has 1 fully saturated rings. The van der Waals surface area contributed by atoms with Crippen LogP contribution >= 0.6 is 0 Å². The summed E-state index contributed by atoms with van der Waals surface area (Å²) in [6, 6.07) is 0. The molecule has 4 atom stereocenters. The van der Waals surface area contributed by atoms with Crippen LogP contribution in [0.15, 0.2) is 0 Å². The van der Waals surface area contributed by atoms with Crippen LogP contribution in [-0.4, -0.2) is 42.7 Å². The van der Waals surface area contributed by atoms with E-state index in [9.17, 15) is 14.7 Å². The summed E-state index contributed by atoms with van der Waals surface area (Å²) in [6.07, 6.45) is -1.16. The molecule has 1 N–H and O–H groups in total.